The summed E-state index contributed by atoms with van der Waals surface area (Å²) in [6.07, 6.45) is -0.571. The molecule has 2 nitrogen and oxygen atoms in total. The van der Waals surface area contributed by atoms with Gasteiger partial charge in [0.1, 0.15) is 0 Å². The second-order valence-electron chi connectivity index (χ2n) is 5.95. The number of rotatable bonds is 13. The first-order valence-electron chi connectivity index (χ1n) is 10.8. The van der Waals surface area contributed by atoms with Crippen molar-refractivity contribution in [2.24, 2.45) is 0 Å². The van der Waals surface area contributed by atoms with E-state index in [2.05, 4.69) is 0 Å². The topological polar surface area (TPSA) is 37.3 Å². The first kappa shape index (κ1) is 15.6. The molecule has 0 heterocycles. The predicted octanol–water partition coefficient (Wildman–Crippen LogP) is 6.26. The molecule has 0 saturated heterocycles. The van der Waals surface area contributed by atoms with Crippen LogP contribution in [0.3, 0.4) is 0 Å². The van der Waals surface area contributed by atoms with Crippen molar-refractivity contribution in [2.75, 3.05) is 5.70 Å². The van der Waals surface area contributed by atoms with E-state index in [1.165, 1.54) is 11.8 Å². The Morgan fingerprint density at radius 3 is 2.19 bits per heavy atom. The van der Waals surface area contributed by atoms with Gasteiger partial charge >= 0.3 is 5.97 Å². The molecule has 2 aromatic carbocycles. The third kappa shape index (κ3) is 9.35. The van der Waals surface area contributed by atoms with Crippen molar-refractivity contribution < 1.29 is 15.4 Å². The van der Waals surface area contributed by atoms with Gasteiger partial charge in [-0.15, -0.1) is 0 Å². The van der Waals surface area contributed by atoms with Gasteiger partial charge in [-0.2, -0.15) is 23.5 Å². The van der Waals surface area contributed by atoms with E-state index in [1.807, 2.05) is 60.7 Å². The predicted molar refractivity (Wildman–Crippen MR) is 115 cm³/mol. The van der Waals surface area contributed by atoms with Crippen molar-refractivity contribution in [3.05, 3.63) is 71.8 Å². The van der Waals surface area contributed by atoms with E-state index in [1.54, 1.807) is 0 Å². The standard InChI is InChI=1S/C22H28O2S2/c23-22(24)14-8-7-13-21(26-18-20-11-5-2-6-12-20)15-16-25-17-19-9-3-1-4-10-19/h1-6,9-12,21H,7-8,13-18H2,(H,23,24)/i15D2,16D2. The van der Waals surface area contributed by atoms with Gasteiger partial charge < -0.3 is 5.11 Å². The van der Waals surface area contributed by atoms with Crippen molar-refractivity contribution in [3.8, 4) is 0 Å². The molecule has 140 valence electrons. The summed E-state index contributed by atoms with van der Waals surface area (Å²) in [5, 5.41) is 8.28. The maximum Gasteiger partial charge on any atom is 0.303 e. The minimum absolute atomic E-state index is 0.0503. The lowest BCUT2D eigenvalue weighted by Gasteiger charge is -2.16. The molecule has 0 spiro atoms. The van der Waals surface area contributed by atoms with Crippen molar-refractivity contribution in [1.82, 2.24) is 0 Å². The molecule has 0 fully saturated rings. The Balaban J connectivity index is 2.07. The molecule has 0 radical (unpaired) electrons. The van der Waals surface area contributed by atoms with Crippen LogP contribution in [0.15, 0.2) is 60.7 Å². The molecular weight excluding hydrogens is 360 g/mol. The monoisotopic (exact) mass is 392 g/mol. The van der Waals surface area contributed by atoms with Crippen LogP contribution in [0, 0.1) is 0 Å². The molecule has 2 aromatic rings. The molecule has 0 amide bonds. The van der Waals surface area contributed by atoms with E-state index in [4.69, 9.17) is 10.6 Å². The lowest BCUT2D eigenvalue weighted by atomic mass is 10.1. The molecule has 0 aliphatic carbocycles. The van der Waals surface area contributed by atoms with Gasteiger partial charge in [0.2, 0.25) is 0 Å². The highest BCUT2D eigenvalue weighted by Crippen LogP contribution is 2.27. The molecular formula is C22H28O2S2. The summed E-state index contributed by atoms with van der Waals surface area (Å²) < 4.78 is 34.3. The smallest absolute Gasteiger partial charge is 0.303 e. The Kier molecular flexibility index (Phi) is 7.75. The van der Waals surface area contributed by atoms with Crippen LogP contribution in [-0.2, 0) is 16.3 Å². The normalized spacial score (nSPS) is 15.4. The molecule has 0 saturated carbocycles. The van der Waals surface area contributed by atoms with Crippen LogP contribution in [0.4, 0.5) is 0 Å². The minimum atomic E-state index is -2.08. The highest BCUT2D eigenvalue weighted by atomic mass is 32.2. The molecule has 0 aliphatic rings. The fourth-order valence-corrected chi connectivity index (χ4v) is 4.17. The van der Waals surface area contributed by atoms with Gasteiger partial charge in [-0.25, -0.2) is 0 Å². The number of unbranched alkanes of at least 4 members (excludes halogenated alkanes) is 1. The molecule has 1 atom stereocenters. The third-order valence-electron chi connectivity index (χ3n) is 3.77. The Morgan fingerprint density at radius 2 is 1.58 bits per heavy atom. The summed E-state index contributed by atoms with van der Waals surface area (Å²) in [4.78, 5) is 10.8. The van der Waals surface area contributed by atoms with Gasteiger partial charge in [-0.05, 0) is 36.0 Å². The lowest BCUT2D eigenvalue weighted by molar-refractivity contribution is -0.137. The van der Waals surface area contributed by atoms with Gasteiger partial charge in [0, 0.05) is 28.7 Å². The van der Waals surface area contributed by atoms with Gasteiger partial charge in [-0.3, -0.25) is 4.79 Å². The van der Waals surface area contributed by atoms with E-state index in [0.29, 0.717) is 30.8 Å². The largest absolute Gasteiger partial charge is 0.481 e. The number of hydrogen-bond donors (Lipinski definition) is 1. The van der Waals surface area contributed by atoms with Crippen molar-refractivity contribution in [3.63, 3.8) is 0 Å². The van der Waals surface area contributed by atoms with Crippen LogP contribution in [0.5, 0.6) is 0 Å². The van der Waals surface area contributed by atoms with E-state index in [9.17, 15) is 4.79 Å². The van der Waals surface area contributed by atoms with Crippen molar-refractivity contribution >= 4 is 29.5 Å². The van der Waals surface area contributed by atoms with E-state index in [-0.39, 0.29) is 6.42 Å². The molecule has 1 N–H and O–H groups in total. The molecule has 4 heteroatoms. The minimum Gasteiger partial charge on any atom is -0.481 e. The molecule has 0 aliphatic heterocycles. The first-order chi connectivity index (χ1) is 14.2. The van der Waals surface area contributed by atoms with E-state index >= 15 is 0 Å². The summed E-state index contributed by atoms with van der Waals surface area (Å²) >= 11 is 2.40. The second kappa shape index (κ2) is 12.9. The number of carboxylic acid groups (broad SMARTS) is 1. The molecule has 0 aromatic heterocycles. The molecule has 1 unspecified atom stereocenters. The van der Waals surface area contributed by atoms with Crippen LogP contribution in [0.2, 0.25) is 0 Å². The summed E-state index contributed by atoms with van der Waals surface area (Å²) in [6, 6.07) is 19.2. The average Bonchev–Trinajstić information content (AvgIpc) is 2.72. The second-order valence-corrected chi connectivity index (χ2v) is 7.92. The van der Waals surface area contributed by atoms with Gasteiger partial charge in [-0.1, -0.05) is 67.1 Å². The summed E-state index contributed by atoms with van der Waals surface area (Å²) in [5.74, 6) is 0.117. The van der Waals surface area contributed by atoms with E-state index < -0.39 is 23.3 Å². The van der Waals surface area contributed by atoms with Crippen LogP contribution in [-0.4, -0.2) is 22.0 Å². The number of aliphatic carboxylic acids is 1. The first-order valence-corrected chi connectivity index (χ1v) is 10.8. The maximum absolute atomic E-state index is 10.8. The van der Waals surface area contributed by atoms with Crippen LogP contribution < -0.4 is 0 Å². The summed E-state index contributed by atoms with van der Waals surface area (Å²) in [6.45, 7) is 0. The number of thioether (sulfide) groups is 2. The molecule has 26 heavy (non-hydrogen) atoms. The molecule has 0 bridgehead atoms. The zero-order valence-electron chi connectivity index (χ0n) is 18.8. The maximum atomic E-state index is 10.8. The number of hydrogen-bond acceptors (Lipinski definition) is 3. The molecule has 2 rings (SSSR count). The number of benzene rings is 2. The SMILES string of the molecule is [2H]C([2H])(SCc1ccccc1)C([2H])([2H])C(CCCCC(=O)O)SCc1ccccc1. The van der Waals surface area contributed by atoms with Gasteiger partial charge in [0.05, 0.1) is 0 Å². The van der Waals surface area contributed by atoms with Gasteiger partial charge in [0.25, 0.3) is 0 Å². The average molecular weight is 393 g/mol. The van der Waals surface area contributed by atoms with Crippen LogP contribution in [0.1, 0.15) is 48.7 Å². The van der Waals surface area contributed by atoms with Gasteiger partial charge in [0.15, 0.2) is 0 Å². The lowest BCUT2D eigenvalue weighted by Crippen LogP contribution is -2.06. The zero-order chi connectivity index (χ0) is 22.0. The zero-order valence-corrected chi connectivity index (χ0v) is 16.4. The van der Waals surface area contributed by atoms with Crippen LogP contribution >= 0.6 is 23.5 Å². The fraction of sp³-hybridized carbons (Fsp3) is 0.409. The Morgan fingerprint density at radius 1 is 0.962 bits per heavy atom. The Hall–Kier alpha value is -1.39. The Bertz CT molecular complexity index is 773. The number of carboxylic acids is 1. The summed E-state index contributed by atoms with van der Waals surface area (Å²) in [7, 11) is 0. The summed E-state index contributed by atoms with van der Waals surface area (Å²) in [5.41, 5.74) is -0.0623. The van der Waals surface area contributed by atoms with E-state index in [0.717, 1.165) is 22.9 Å². The van der Waals surface area contributed by atoms with Crippen molar-refractivity contribution in [1.29, 1.82) is 0 Å². The third-order valence-corrected chi connectivity index (χ3v) is 5.77. The fourth-order valence-electron chi connectivity index (χ4n) is 2.38. The van der Waals surface area contributed by atoms with Crippen LogP contribution in [0.25, 0.3) is 0 Å². The highest BCUT2D eigenvalue weighted by molar-refractivity contribution is 7.99. The number of carbonyl (C=O) groups is 1. The Labute approximate surface area is 171 Å². The quantitative estimate of drug-likeness (QED) is 0.408. The highest BCUT2D eigenvalue weighted by Gasteiger charge is 2.10. The van der Waals surface area contributed by atoms with Crippen molar-refractivity contribution in [2.45, 2.75) is 48.8 Å².